The van der Waals surface area contributed by atoms with Crippen LogP contribution in [0.2, 0.25) is 0 Å². The minimum Gasteiger partial charge on any atom is -0.488 e. The number of aromatic amines is 1. The summed E-state index contributed by atoms with van der Waals surface area (Å²) in [6.07, 6.45) is 5.63. The molecule has 0 unspecified atom stereocenters. The van der Waals surface area contributed by atoms with Gasteiger partial charge in [-0.1, -0.05) is 50.2 Å². The molecule has 0 spiro atoms. The Bertz CT molecular complexity index is 832. The first-order valence-electron chi connectivity index (χ1n) is 10.2. The second kappa shape index (κ2) is 9.61. The Hall–Kier alpha value is -2.26. The van der Waals surface area contributed by atoms with Gasteiger partial charge in [0.1, 0.15) is 12.4 Å². The van der Waals surface area contributed by atoms with Crippen molar-refractivity contribution >= 4 is 10.9 Å². The lowest BCUT2D eigenvalue weighted by atomic mass is 10.1. The van der Waals surface area contributed by atoms with Gasteiger partial charge in [0.15, 0.2) is 0 Å². The van der Waals surface area contributed by atoms with Gasteiger partial charge >= 0.3 is 0 Å². The number of aryl methyl sites for hydroxylation is 1. The van der Waals surface area contributed by atoms with Crippen molar-refractivity contribution in [2.45, 2.75) is 46.6 Å². The first-order chi connectivity index (χ1) is 13.2. The molecule has 0 atom stereocenters. The topological polar surface area (TPSA) is 28.3 Å². The quantitative estimate of drug-likeness (QED) is 0.498. The van der Waals surface area contributed by atoms with Crippen LogP contribution in [0.4, 0.5) is 0 Å². The van der Waals surface area contributed by atoms with E-state index in [1.54, 1.807) is 0 Å². The highest BCUT2D eigenvalue weighted by molar-refractivity contribution is 5.91. The first-order valence-corrected chi connectivity index (χ1v) is 10.2. The standard InChI is InChI=1S/C24H32N2O/c1-4-14-26(15-5-2)16-13-21-17-25-24-19(3)11-12-22(23(21)24)27-18-20-9-7-6-8-10-20/h6-12,17,25H,4-5,13-16,18H2,1-3H3. The number of rotatable bonds is 10. The van der Waals surface area contributed by atoms with Crippen molar-refractivity contribution in [3.8, 4) is 5.75 Å². The van der Waals surface area contributed by atoms with Crippen LogP contribution in [0.15, 0.2) is 48.7 Å². The molecule has 0 aliphatic rings. The van der Waals surface area contributed by atoms with E-state index in [1.807, 2.05) is 6.07 Å². The predicted molar refractivity (Wildman–Crippen MR) is 115 cm³/mol. The van der Waals surface area contributed by atoms with E-state index >= 15 is 0 Å². The number of benzene rings is 2. The monoisotopic (exact) mass is 364 g/mol. The molecule has 3 aromatic rings. The van der Waals surface area contributed by atoms with Crippen LogP contribution in [-0.4, -0.2) is 29.5 Å². The molecule has 1 N–H and O–H groups in total. The minimum atomic E-state index is 0.599. The zero-order valence-electron chi connectivity index (χ0n) is 16.9. The number of fused-ring (bicyclic) bond motifs is 1. The number of aromatic nitrogens is 1. The Morgan fingerprint density at radius 2 is 1.67 bits per heavy atom. The van der Waals surface area contributed by atoms with E-state index in [9.17, 15) is 0 Å². The summed E-state index contributed by atoms with van der Waals surface area (Å²) < 4.78 is 6.23. The molecule has 3 nitrogen and oxygen atoms in total. The van der Waals surface area contributed by atoms with Gasteiger partial charge in [0.05, 0.1) is 5.52 Å². The highest BCUT2D eigenvalue weighted by Gasteiger charge is 2.13. The van der Waals surface area contributed by atoms with Crippen molar-refractivity contribution in [1.82, 2.24) is 9.88 Å². The van der Waals surface area contributed by atoms with Crippen LogP contribution in [-0.2, 0) is 13.0 Å². The summed E-state index contributed by atoms with van der Waals surface area (Å²) in [5, 5.41) is 1.25. The predicted octanol–water partition coefficient (Wildman–Crippen LogP) is 5.72. The summed E-state index contributed by atoms with van der Waals surface area (Å²) in [6.45, 7) is 10.7. The Morgan fingerprint density at radius 1 is 0.926 bits per heavy atom. The number of H-pyrrole nitrogens is 1. The highest BCUT2D eigenvalue weighted by Crippen LogP contribution is 2.32. The molecule has 0 saturated carbocycles. The second-order valence-electron chi connectivity index (χ2n) is 7.31. The fourth-order valence-electron chi connectivity index (χ4n) is 3.72. The number of hydrogen-bond donors (Lipinski definition) is 1. The van der Waals surface area contributed by atoms with E-state index < -0.39 is 0 Å². The van der Waals surface area contributed by atoms with Crippen molar-refractivity contribution in [3.05, 3.63) is 65.4 Å². The lowest BCUT2D eigenvalue weighted by Gasteiger charge is -2.20. The average Bonchev–Trinajstić information content (AvgIpc) is 3.12. The third kappa shape index (κ3) is 4.92. The Balaban J connectivity index is 1.80. The van der Waals surface area contributed by atoms with Gasteiger partial charge in [0, 0.05) is 18.1 Å². The largest absolute Gasteiger partial charge is 0.488 e. The molecule has 0 aliphatic heterocycles. The smallest absolute Gasteiger partial charge is 0.129 e. The Kier molecular flexibility index (Phi) is 6.94. The van der Waals surface area contributed by atoms with Crippen molar-refractivity contribution in [2.75, 3.05) is 19.6 Å². The highest BCUT2D eigenvalue weighted by atomic mass is 16.5. The van der Waals surface area contributed by atoms with Gasteiger partial charge in [-0.3, -0.25) is 0 Å². The van der Waals surface area contributed by atoms with Gasteiger partial charge in [-0.2, -0.15) is 0 Å². The van der Waals surface area contributed by atoms with Gasteiger partial charge in [0.25, 0.3) is 0 Å². The van der Waals surface area contributed by atoms with Crippen molar-refractivity contribution in [3.63, 3.8) is 0 Å². The average molecular weight is 365 g/mol. The van der Waals surface area contributed by atoms with Crippen LogP contribution >= 0.6 is 0 Å². The molecular formula is C24H32N2O. The maximum Gasteiger partial charge on any atom is 0.129 e. The molecule has 1 heterocycles. The van der Waals surface area contributed by atoms with E-state index in [0.717, 1.165) is 18.7 Å². The molecule has 0 bridgehead atoms. The van der Waals surface area contributed by atoms with E-state index in [2.05, 4.69) is 73.3 Å². The number of hydrogen-bond acceptors (Lipinski definition) is 2. The van der Waals surface area contributed by atoms with Crippen LogP contribution in [0.5, 0.6) is 5.75 Å². The van der Waals surface area contributed by atoms with Gasteiger partial charge < -0.3 is 14.6 Å². The first kappa shape index (κ1) is 19.5. The second-order valence-corrected chi connectivity index (χ2v) is 7.31. The molecule has 3 rings (SSSR count). The number of nitrogens with zero attached hydrogens (tertiary/aromatic N) is 1. The van der Waals surface area contributed by atoms with Gasteiger partial charge in [-0.15, -0.1) is 0 Å². The third-order valence-corrected chi connectivity index (χ3v) is 5.10. The van der Waals surface area contributed by atoms with Crippen LogP contribution in [0.3, 0.4) is 0 Å². The molecule has 0 saturated heterocycles. The summed E-state index contributed by atoms with van der Waals surface area (Å²) in [4.78, 5) is 6.05. The third-order valence-electron chi connectivity index (χ3n) is 5.10. The maximum absolute atomic E-state index is 6.23. The number of ether oxygens (including phenoxy) is 1. The Morgan fingerprint density at radius 3 is 2.37 bits per heavy atom. The molecule has 0 fully saturated rings. The molecule has 1 aromatic heterocycles. The van der Waals surface area contributed by atoms with Crippen LogP contribution in [0, 0.1) is 6.92 Å². The molecule has 27 heavy (non-hydrogen) atoms. The summed E-state index contributed by atoms with van der Waals surface area (Å²) in [5.74, 6) is 0.980. The molecule has 144 valence electrons. The Labute approximate surface area is 163 Å². The van der Waals surface area contributed by atoms with Crippen LogP contribution in [0.25, 0.3) is 10.9 Å². The van der Waals surface area contributed by atoms with Gasteiger partial charge in [0.2, 0.25) is 0 Å². The molecule has 3 heteroatoms. The summed E-state index contributed by atoms with van der Waals surface area (Å²) in [6, 6.07) is 14.6. The minimum absolute atomic E-state index is 0.599. The summed E-state index contributed by atoms with van der Waals surface area (Å²) in [7, 11) is 0. The number of nitrogens with one attached hydrogen (secondary N) is 1. The van der Waals surface area contributed by atoms with Gasteiger partial charge in [-0.05, 0) is 62.0 Å². The summed E-state index contributed by atoms with van der Waals surface area (Å²) in [5.41, 5.74) is 5.02. The molecule has 2 aromatic carbocycles. The van der Waals surface area contributed by atoms with Crippen molar-refractivity contribution < 1.29 is 4.74 Å². The molecule has 0 aliphatic carbocycles. The maximum atomic E-state index is 6.23. The fourth-order valence-corrected chi connectivity index (χ4v) is 3.72. The van der Waals surface area contributed by atoms with Gasteiger partial charge in [-0.25, -0.2) is 0 Å². The zero-order valence-corrected chi connectivity index (χ0v) is 16.9. The zero-order chi connectivity index (χ0) is 19.1. The van der Waals surface area contributed by atoms with Crippen molar-refractivity contribution in [2.24, 2.45) is 0 Å². The van der Waals surface area contributed by atoms with E-state index in [0.29, 0.717) is 6.61 Å². The van der Waals surface area contributed by atoms with Crippen molar-refractivity contribution in [1.29, 1.82) is 0 Å². The SMILES string of the molecule is CCCN(CCC)CCc1c[nH]c2c(C)ccc(OCc3ccccc3)c12. The summed E-state index contributed by atoms with van der Waals surface area (Å²) >= 11 is 0. The lowest BCUT2D eigenvalue weighted by molar-refractivity contribution is 0.278. The fraction of sp³-hybridized carbons (Fsp3) is 0.417. The van der Waals surface area contributed by atoms with Crippen LogP contribution < -0.4 is 4.74 Å². The normalized spacial score (nSPS) is 11.4. The van der Waals surface area contributed by atoms with Crippen LogP contribution in [0.1, 0.15) is 43.4 Å². The van der Waals surface area contributed by atoms with E-state index in [4.69, 9.17) is 4.74 Å². The molecule has 0 radical (unpaired) electrons. The molecular weight excluding hydrogens is 332 g/mol. The molecule has 0 amide bonds. The van der Waals surface area contributed by atoms with E-state index in [-0.39, 0.29) is 0 Å². The lowest BCUT2D eigenvalue weighted by Crippen LogP contribution is -2.27. The van der Waals surface area contributed by atoms with E-state index in [1.165, 1.54) is 53.5 Å².